The molecule has 1 fully saturated rings. The summed E-state index contributed by atoms with van der Waals surface area (Å²) in [7, 11) is 2.16. The van der Waals surface area contributed by atoms with Crippen LogP contribution in [-0.4, -0.2) is 38.6 Å². The van der Waals surface area contributed by atoms with E-state index >= 15 is 0 Å². The fourth-order valence-corrected chi connectivity index (χ4v) is 2.97. The number of nitrogens with one attached hydrogen (secondary N) is 1. The van der Waals surface area contributed by atoms with E-state index in [0.29, 0.717) is 6.61 Å². The zero-order valence-electron chi connectivity index (χ0n) is 12.6. The van der Waals surface area contributed by atoms with Gasteiger partial charge in [-0.05, 0) is 37.5 Å². The average Bonchev–Trinajstić information content (AvgIpc) is 2.93. The van der Waals surface area contributed by atoms with Crippen LogP contribution < -0.4 is 10.2 Å². The molecule has 0 amide bonds. The SMILES string of the molecule is CN1CCc2cc(CNCC3COC(C)(C)O3)ccc21. The van der Waals surface area contributed by atoms with Crippen molar-refractivity contribution in [2.45, 2.75) is 38.7 Å². The summed E-state index contributed by atoms with van der Waals surface area (Å²) in [6.45, 7) is 7.45. The van der Waals surface area contributed by atoms with Crippen LogP contribution in [-0.2, 0) is 22.4 Å². The van der Waals surface area contributed by atoms with Crippen molar-refractivity contribution in [2.24, 2.45) is 0 Å². The number of benzene rings is 1. The first-order chi connectivity index (χ1) is 9.53. The number of nitrogens with zero attached hydrogens (tertiary/aromatic N) is 1. The van der Waals surface area contributed by atoms with Crippen LogP contribution in [0.25, 0.3) is 0 Å². The molecule has 3 rings (SSSR count). The fraction of sp³-hybridized carbons (Fsp3) is 0.625. The first-order valence-electron chi connectivity index (χ1n) is 7.39. The van der Waals surface area contributed by atoms with Gasteiger partial charge in [-0.3, -0.25) is 0 Å². The van der Waals surface area contributed by atoms with Crippen molar-refractivity contribution in [1.29, 1.82) is 0 Å². The van der Waals surface area contributed by atoms with Gasteiger partial charge in [-0.15, -0.1) is 0 Å². The van der Waals surface area contributed by atoms with Gasteiger partial charge in [-0.1, -0.05) is 12.1 Å². The molecule has 1 aromatic carbocycles. The van der Waals surface area contributed by atoms with Gasteiger partial charge < -0.3 is 19.7 Å². The average molecular weight is 276 g/mol. The monoisotopic (exact) mass is 276 g/mol. The highest BCUT2D eigenvalue weighted by Crippen LogP contribution is 2.27. The van der Waals surface area contributed by atoms with E-state index < -0.39 is 5.79 Å². The predicted octanol–water partition coefficient (Wildman–Crippen LogP) is 1.92. The number of ether oxygens (including phenoxy) is 2. The minimum Gasteiger partial charge on any atom is -0.374 e. The molecule has 1 aromatic rings. The largest absolute Gasteiger partial charge is 0.374 e. The molecule has 0 bridgehead atoms. The molecule has 0 radical (unpaired) electrons. The second kappa shape index (κ2) is 5.35. The van der Waals surface area contributed by atoms with E-state index in [4.69, 9.17) is 9.47 Å². The van der Waals surface area contributed by atoms with Crippen LogP contribution in [0.1, 0.15) is 25.0 Å². The van der Waals surface area contributed by atoms with Crippen molar-refractivity contribution in [3.63, 3.8) is 0 Å². The van der Waals surface area contributed by atoms with Crippen LogP contribution in [0.5, 0.6) is 0 Å². The van der Waals surface area contributed by atoms with Crippen LogP contribution in [0.4, 0.5) is 5.69 Å². The van der Waals surface area contributed by atoms with Gasteiger partial charge >= 0.3 is 0 Å². The molecule has 0 aromatic heterocycles. The number of anilines is 1. The van der Waals surface area contributed by atoms with Gasteiger partial charge in [0.25, 0.3) is 0 Å². The lowest BCUT2D eigenvalue weighted by Crippen LogP contribution is -2.30. The predicted molar refractivity (Wildman–Crippen MR) is 80.0 cm³/mol. The lowest BCUT2D eigenvalue weighted by molar-refractivity contribution is -0.137. The molecule has 4 heteroatoms. The first-order valence-corrected chi connectivity index (χ1v) is 7.39. The molecule has 1 N–H and O–H groups in total. The molecule has 0 aliphatic carbocycles. The summed E-state index contributed by atoms with van der Waals surface area (Å²) in [6.07, 6.45) is 1.32. The standard InChI is InChI=1S/C16H24N2O2/c1-16(2)19-11-14(20-16)10-17-9-12-4-5-15-13(8-12)6-7-18(15)3/h4-5,8,14,17H,6-7,9-11H2,1-3H3. The van der Waals surface area contributed by atoms with Gasteiger partial charge in [-0.2, -0.15) is 0 Å². The smallest absolute Gasteiger partial charge is 0.163 e. The maximum absolute atomic E-state index is 5.78. The Kier molecular flexibility index (Phi) is 3.71. The molecule has 4 nitrogen and oxygen atoms in total. The summed E-state index contributed by atoms with van der Waals surface area (Å²) in [5.74, 6) is -0.426. The summed E-state index contributed by atoms with van der Waals surface area (Å²) in [5.41, 5.74) is 4.19. The summed E-state index contributed by atoms with van der Waals surface area (Å²) in [6, 6.07) is 6.77. The van der Waals surface area contributed by atoms with Crippen molar-refractivity contribution in [1.82, 2.24) is 5.32 Å². The molecule has 20 heavy (non-hydrogen) atoms. The summed E-state index contributed by atoms with van der Waals surface area (Å²) >= 11 is 0. The molecule has 110 valence electrons. The Bertz CT molecular complexity index is 487. The quantitative estimate of drug-likeness (QED) is 0.911. The van der Waals surface area contributed by atoms with Crippen LogP contribution in [0.3, 0.4) is 0 Å². The van der Waals surface area contributed by atoms with Crippen molar-refractivity contribution in [2.75, 3.05) is 31.6 Å². The Morgan fingerprint density at radius 3 is 3.00 bits per heavy atom. The third-order valence-corrected chi connectivity index (χ3v) is 4.04. The van der Waals surface area contributed by atoms with Crippen LogP contribution in [0.15, 0.2) is 18.2 Å². The van der Waals surface area contributed by atoms with Crippen molar-refractivity contribution in [3.05, 3.63) is 29.3 Å². The first kappa shape index (κ1) is 13.9. The summed E-state index contributed by atoms with van der Waals surface area (Å²) < 4.78 is 11.3. The number of fused-ring (bicyclic) bond motifs is 1. The van der Waals surface area contributed by atoms with Crippen molar-refractivity contribution < 1.29 is 9.47 Å². The van der Waals surface area contributed by atoms with E-state index in [1.54, 1.807) is 0 Å². The second-order valence-electron chi connectivity index (χ2n) is 6.22. The van der Waals surface area contributed by atoms with E-state index in [-0.39, 0.29) is 6.10 Å². The number of hydrogen-bond acceptors (Lipinski definition) is 4. The maximum Gasteiger partial charge on any atom is 0.163 e. The molecule has 1 atom stereocenters. The zero-order chi connectivity index (χ0) is 14.2. The van der Waals surface area contributed by atoms with Gasteiger partial charge in [0.05, 0.1) is 12.7 Å². The lowest BCUT2D eigenvalue weighted by Gasteiger charge is -2.17. The summed E-state index contributed by atoms with van der Waals surface area (Å²) in [4.78, 5) is 2.32. The Balaban J connectivity index is 1.50. The molecular weight excluding hydrogens is 252 g/mol. The molecule has 1 saturated heterocycles. The Labute approximate surface area is 121 Å². The van der Waals surface area contributed by atoms with E-state index in [1.807, 2.05) is 13.8 Å². The number of rotatable bonds is 4. The van der Waals surface area contributed by atoms with E-state index in [1.165, 1.54) is 16.8 Å². The van der Waals surface area contributed by atoms with Gasteiger partial charge in [0.2, 0.25) is 0 Å². The van der Waals surface area contributed by atoms with Crippen LogP contribution in [0.2, 0.25) is 0 Å². The third-order valence-electron chi connectivity index (χ3n) is 4.04. The topological polar surface area (TPSA) is 33.7 Å². The van der Waals surface area contributed by atoms with Crippen molar-refractivity contribution >= 4 is 5.69 Å². The number of likely N-dealkylation sites (N-methyl/N-ethyl adjacent to an activating group) is 1. The van der Waals surface area contributed by atoms with Crippen molar-refractivity contribution in [3.8, 4) is 0 Å². The summed E-state index contributed by atoms with van der Waals surface area (Å²) in [5, 5.41) is 3.47. The molecule has 2 aliphatic heterocycles. The number of hydrogen-bond donors (Lipinski definition) is 1. The van der Waals surface area contributed by atoms with Gasteiger partial charge in [0.15, 0.2) is 5.79 Å². The maximum atomic E-state index is 5.78. The Hall–Kier alpha value is -1.10. The Morgan fingerprint density at radius 2 is 2.25 bits per heavy atom. The fourth-order valence-electron chi connectivity index (χ4n) is 2.97. The molecular formula is C16H24N2O2. The van der Waals surface area contributed by atoms with Crippen LogP contribution >= 0.6 is 0 Å². The normalized spacial score (nSPS) is 24.1. The molecule has 1 unspecified atom stereocenters. The molecule has 0 saturated carbocycles. The lowest BCUT2D eigenvalue weighted by atomic mass is 10.1. The molecule has 0 spiro atoms. The van der Waals surface area contributed by atoms with Crippen LogP contribution in [0, 0.1) is 0 Å². The van der Waals surface area contributed by atoms with E-state index in [9.17, 15) is 0 Å². The van der Waals surface area contributed by atoms with Gasteiger partial charge in [-0.25, -0.2) is 0 Å². The molecule has 2 heterocycles. The highest BCUT2D eigenvalue weighted by atomic mass is 16.7. The zero-order valence-corrected chi connectivity index (χ0v) is 12.6. The van der Waals surface area contributed by atoms with Gasteiger partial charge in [0.1, 0.15) is 0 Å². The highest BCUT2D eigenvalue weighted by Gasteiger charge is 2.32. The second-order valence-corrected chi connectivity index (χ2v) is 6.22. The Morgan fingerprint density at radius 1 is 1.40 bits per heavy atom. The van der Waals surface area contributed by atoms with E-state index in [0.717, 1.165) is 26.1 Å². The molecule has 2 aliphatic rings. The van der Waals surface area contributed by atoms with E-state index in [2.05, 4.69) is 35.5 Å². The highest BCUT2D eigenvalue weighted by molar-refractivity contribution is 5.58. The van der Waals surface area contributed by atoms with Gasteiger partial charge in [0, 0.05) is 32.4 Å². The third kappa shape index (κ3) is 2.97. The minimum atomic E-state index is -0.426. The minimum absolute atomic E-state index is 0.158.